The Kier molecular flexibility index (Phi) is 9.13. The van der Waals surface area contributed by atoms with Crippen molar-refractivity contribution in [3.8, 4) is 17.0 Å². The molecule has 1 N–H and O–H groups in total. The zero-order valence-corrected chi connectivity index (χ0v) is 22.4. The summed E-state index contributed by atoms with van der Waals surface area (Å²) in [5, 5.41) is 9.37. The quantitative estimate of drug-likeness (QED) is 0.238. The Morgan fingerprint density at radius 1 is 0.795 bits per heavy atom. The second kappa shape index (κ2) is 13.3. The Morgan fingerprint density at radius 3 is 2.23 bits per heavy atom. The summed E-state index contributed by atoms with van der Waals surface area (Å²) in [6, 6.07) is 25.6. The van der Waals surface area contributed by atoms with E-state index in [9.17, 15) is 9.90 Å². The second-order valence-corrected chi connectivity index (χ2v) is 10.5. The zero-order valence-electron chi connectivity index (χ0n) is 22.4. The summed E-state index contributed by atoms with van der Waals surface area (Å²) in [5.41, 5.74) is 6.48. The molecule has 0 saturated heterocycles. The van der Waals surface area contributed by atoms with Gasteiger partial charge in [0.2, 0.25) is 0 Å². The Hall–Kier alpha value is -3.83. The molecule has 0 bridgehead atoms. The Balaban J connectivity index is 1.26. The normalized spacial score (nSPS) is 13.8. The molecule has 0 amide bonds. The highest BCUT2D eigenvalue weighted by atomic mass is 16.5. The summed E-state index contributed by atoms with van der Waals surface area (Å²) in [7, 11) is 0. The van der Waals surface area contributed by atoms with Gasteiger partial charge in [0.25, 0.3) is 0 Å². The van der Waals surface area contributed by atoms with Gasteiger partial charge >= 0.3 is 0 Å². The molecule has 1 saturated carbocycles. The first kappa shape index (κ1) is 26.8. The van der Waals surface area contributed by atoms with Gasteiger partial charge in [0, 0.05) is 12.0 Å². The van der Waals surface area contributed by atoms with Crippen LogP contribution in [0.3, 0.4) is 0 Å². The van der Waals surface area contributed by atoms with E-state index >= 15 is 0 Å². The molecule has 200 valence electrons. The third kappa shape index (κ3) is 7.61. The Labute approximate surface area is 230 Å². The molecule has 3 aromatic carbocycles. The number of carbonyl (C=O) groups is 1. The standard InChI is InChI=1S/C34H36N2O3/c37-23-27-11-15-29(16-12-27)34-22-35-32(33(36-34)20-25-7-3-1-4-8-25)21-30(38)19-26-13-17-31(18-14-26)39-24-28-9-5-2-6-10-28/h2,5-6,9-18,22,25,37H,1,3-4,7-8,19-21,23-24H2. The lowest BCUT2D eigenvalue weighted by Crippen LogP contribution is -2.16. The van der Waals surface area contributed by atoms with Crippen molar-refractivity contribution in [3.63, 3.8) is 0 Å². The van der Waals surface area contributed by atoms with Crippen molar-refractivity contribution < 1.29 is 14.6 Å². The van der Waals surface area contributed by atoms with Crippen molar-refractivity contribution in [2.24, 2.45) is 5.92 Å². The Morgan fingerprint density at radius 2 is 1.51 bits per heavy atom. The van der Waals surface area contributed by atoms with E-state index in [0.29, 0.717) is 18.9 Å². The maximum absolute atomic E-state index is 13.1. The first-order valence-electron chi connectivity index (χ1n) is 14.0. The third-order valence-corrected chi connectivity index (χ3v) is 7.51. The van der Waals surface area contributed by atoms with Gasteiger partial charge in [0.05, 0.1) is 36.3 Å². The molecule has 5 rings (SSSR count). The number of aromatic nitrogens is 2. The molecule has 0 aliphatic heterocycles. The minimum absolute atomic E-state index is 0.0172. The highest BCUT2D eigenvalue weighted by Gasteiger charge is 2.20. The number of nitrogens with zero attached hydrogens (tertiary/aromatic N) is 2. The van der Waals surface area contributed by atoms with E-state index in [1.54, 1.807) is 6.20 Å². The topological polar surface area (TPSA) is 72.3 Å². The van der Waals surface area contributed by atoms with Gasteiger partial charge in [0.15, 0.2) is 0 Å². The number of aliphatic hydroxyl groups is 1. The molecule has 0 spiro atoms. The fourth-order valence-corrected chi connectivity index (χ4v) is 5.27. The molecule has 5 nitrogen and oxygen atoms in total. The van der Waals surface area contributed by atoms with Crippen LogP contribution < -0.4 is 4.74 Å². The maximum Gasteiger partial charge on any atom is 0.143 e. The van der Waals surface area contributed by atoms with Crippen molar-refractivity contribution in [1.82, 2.24) is 9.97 Å². The minimum Gasteiger partial charge on any atom is -0.489 e. The van der Waals surface area contributed by atoms with Gasteiger partial charge in [-0.05, 0) is 41.2 Å². The molecule has 1 aliphatic carbocycles. The van der Waals surface area contributed by atoms with Crippen molar-refractivity contribution in [2.75, 3.05) is 0 Å². The van der Waals surface area contributed by atoms with Crippen LogP contribution in [0.1, 0.15) is 60.2 Å². The molecule has 1 fully saturated rings. The van der Waals surface area contributed by atoms with E-state index in [1.165, 1.54) is 32.1 Å². The van der Waals surface area contributed by atoms with Gasteiger partial charge in [0.1, 0.15) is 18.1 Å². The van der Waals surface area contributed by atoms with Crippen LogP contribution in [-0.4, -0.2) is 20.9 Å². The predicted octanol–water partition coefficient (Wildman–Crippen LogP) is 6.69. The van der Waals surface area contributed by atoms with E-state index in [-0.39, 0.29) is 18.8 Å². The van der Waals surface area contributed by atoms with Crippen LogP contribution in [0.15, 0.2) is 85.1 Å². The summed E-state index contributed by atoms with van der Waals surface area (Å²) in [5.74, 6) is 1.52. The van der Waals surface area contributed by atoms with Crippen LogP contribution in [0.4, 0.5) is 0 Å². The van der Waals surface area contributed by atoms with Crippen molar-refractivity contribution in [3.05, 3.63) is 113 Å². The summed E-state index contributed by atoms with van der Waals surface area (Å²) in [6.07, 6.45) is 9.54. The number of ether oxygens (including phenoxy) is 1. The number of Topliss-reactive ketones (excluding diaryl/α,β-unsaturated/α-hetero) is 1. The molecule has 0 atom stereocenters. The first-order chi connectivity index (χ1) is 19.2. The monoisotopic (exact) mass is 520 g/mol. The summed E-state index contributed by atoms with van der Waals surface area (Å²) < 4.78 is 5.88. The second-order valence-electron chi connectivity index (χ2n) is 10.5. The van der Waals surface area contributed by atoms with Crippen LogP contribution in [-0.2, 0) is 37.3 Å². The lowest BCUT2D eigenvalue weighted by molar-refractivity contribution is -0.117. The van der Waals surface area contributed by atoms with Gasteiger partial charge in [-0.15, -0.1) is 0 Å². The number of carbonyl (C=O) groups excluding carboxylic acids is 1. The van der Waals surface area contributed by atoms with Gasteiger partial charge in [-0.1, -0.05) is 98.8 Å². The molecule has 0 unspecified atom stereocenters. The van der Waals surface area contributed by atoms with Crippen LogP contribution in [0.2, 0.25) is 0 Å². The van der Waals surface area contributed by atoms with Gasteiger partial charge in [-0.2, -0.15) is 0 Å². The van der Waals surface area contributed by atoms with Crippen molar-refractivity contribution in [2.45, 2.75) is 64.6 Å². The van der Waals surface area contributed by atoms with Crippen LogP contribution >= 0.6 is 0 Å². The van der Waals surface area contributed by atoms with E-state index in [2.05, 4.69) is 0 Å². The van der Waals surface area contributed by atoms with Crippen LogP contribution in [0.25, 0.3) is 11.3 Å². The highest BCUT2D eigenvalue weighted by Crippen LogP contribution is 2.28. The predicted molar refractivity (Wildman–Crippen MR) is 153 cm³/mol. The lowest BCUT2D eigenvalue weighted by atomic mass is 9.85. The first-order valence-corrected chi connectivity index (χ1v) is 14.0. The number of ketones is 1. The molecule has 1 heterocycles. The van der Waals surface area contributed by atoms with Gasteiger partial charge in [-0.25, -0.2) is 4.98 Å². The van der Waals surface area contributed by atoms with E-state index in [0.717, 1.165) is 51.5 Å². The molecule has 1 aromatic heterocycles. The molecule has 5 heteroatoms. The lowest BCUT2D eigenvalue weighted by Gasteiger charge is -2.22. The number of hydrogen-bond acceptors (Lipinski definition) is 5. The number of benzene rings is 3. The SMILES string of the molecule is O=C(Cc1ccc(OCc2ccccc2)cc1)Cc1ncc(-c2ccc(CO)cc2)nc1CC1CCCCC1. The largest absolute Gasteiger partial charge is 0.489 e. The van der Waals surface area contributed by atoms with E-state index in [1.807, 2.05) is 78.9 Å². The molecule has 4 aromatic rings. The third-order valence-electron chi connectivity index (χ3n) is 7.51. The fraction of sp³-hybridized carbons (Fsp3) is 0.324. The summed E-state index contributed by atoms with van der Waals surface area (Å²) in [4.78, 5) is 22.9. The Bertz CT molecular complexity index is 1350. The number of rotatable bonds is 11. The van der Waals surface area contributed by atoms with Gasteiger partial charge < -0.3 is 9.84 Å². The molecule has 39 heavy (non-hydrogen) atoms. The summed E-state index contributed by atoms with van der Waals surface area (Å²) >= 11 is 0. The van der Waals surface area contributed by atoms with Crippen LogP contribution in [0, 0.1) is 5.92 Å². The van der Waals surface area contributed by atoms with Crippen LogP contribution in [0.5, 0.6) is 5.75 Å². The highest BCUT2D eigenvalue weighted by molar-refractivity contribution is 5.83. The van der Waals surface area contributed by atoms with Crippen molar-refractivity contribution in [1.29, 1.82) is 0 Å². The van der Waals surface area contributed by atoms with Gasteiger partial charge in [-0.3, -0.25) is 9.78 Å². The molecule has 1 aliphatic rings. The average molecular weight is 521 g/mol. The average Bonchev–Trinajstić information content (AvgIpc) is 2.99. The zero-order chi connectivity index (χ0) is 26.9. The maximum atomic E-state index is 13.1. The van der Waals surface area contributed by atoms with Crippen molar-refractivity contribution >= 4 is 5.78 Å². The number of hydrogen-bond donors (Lipinski definition) is 1. The summed E-state index contributed by atoms with van der Waals surface area (Å²) in [6.45, 7) is 0.534. The fourth-order valence-electron chi connectivity index (χ4n) is 5.27. The van der Waals surface area contributed by atoms with E-state index in [4.69, 9.17) is 14.7 Å². The minimum atomic E-state index is 0.0172. The number of aliphatic hydroxyl groups excluding tert-OH is 1. The molecule has 0 radical (unpaired) electrons. The van der Waals surface area contributed by atoms with E-state index < -0.39 is 0 Å². The molecular formula is C34H36N2O3. The smallest absolute Gasteiger partial charge is 0.143 e. The molecular weight excluding hydrogens is 484 g/mol.